The molecule has 0 amide bonds. The van der Waals surface area contributed by atoms with E-state index < -0.39 is 0 Å². The van der Waals surface area contributed by atoms with Crippen LogP contribution < -0.4 is 5.32 Å². The van der Waals surface area contributed by atoms with Crippen molar-refractivity contribution in [2.24, 2.45) is 0 Å². The van der Waals surface area contributed by atoms with Gasteiger partial charge in [0.15, 0.2) is 0 Å². The number of anilines is 1. The zero-order valence-corrected chi connectivity index (χ0v) is 13.6. The summed E-state index contributed by atoms with van der Waals surface area (Å²) >= 11 is 3.25. The first-order valence-corrected chi connectivity index (χ1v) is 8.81. The third-order valence-corrected chi connectivity index (χ3v) is 5.33. The molecule has 0 aliphatic rings. The summed E-state index contributed by atoms with van der Waals surface area (Å²) in [5.41, 5.74) is 0.996. The van der Waals surface area contributed by atoms with Gasteiger partial charge in [0, 0.05) is 4.88 Å². The maximum atomic E-state index is 13.2. The SMILES string of the molecule is Fc1ccc(C(Nc2ncnc3sccc23)c2cccs2)cc1. The van der Waals surface area contributed by atoms with E-state index in [1.54, 1.807) is 41.1 Å². The normalized spacial score (nSPS) is 12.4. The monoisotopic (exact) mass is 341 g/mol. The summed E-state index contributed by atoms with van der Waals surface area (Å²) in [4.78, 5) is 10.8. The van der Waals surface area contributed by atoms with Crippen molar-refractivity contribution < 1.29 is 4.39 Å². The van der Waals surface area contributed by atoms with E-state index in [4.69, 9.17) is 0 Å². The van der Waals surface area contributed by atoms with Gasteiger partial charge in [0.25, 0.3) is 0 Å². The van der Waals surface area contributed by atoms with Crippen LogP contribution in [-0.4, -0.2) is 9.97 Å². The molecule has 0 aliphatic carbocycles. The topological polar surface area (TPSA) is 37.8 Å². The van der Waals surface area contributed by atoms with E-state index >= 15 is 0 Å². The Bertz CT molecular complexity index is 917. The highest BCUT2D eigenvalue weighted by molar-refractivity contribution is 7.16. The molecule has 6 heteroatoms. The summed E-state index contributed by atoms with van der Waals surface area (Å²) in [6.07, 6.45) is 1.57. The zero-order valence-electron chi connectivity index (χ0n) is 11.9. The first-order valence-electron chi connectivity index (χ1n) is 7.05. The second-order valence-corrected chi connectivity index (χ2v) is 6.88. The Labute approximate surface area is 140 Å². The van der Waals surface area contributed by atoms with Gasteiger partial charge in [0.05, 0.1) is 11.4 Å². The molecule has 0 radical (unpaired) electrons. The van der Waals surface area contributed by atoms with Crippen LogP contribution in [0, 0.1) is 5.82 Å². The van der Waals surface area contributed by atoms with Crippen molar-refractivity contribution in [1.82, 2.24) is 9.97 Å². The second-order valence-electron chi connectivity index (χ2n) is 5.01. The standard InChI is InChI=1S/C17H12FN3S2/c18-12-5-3-11(4-6-12)15(14-2-1-8-22-14)21-16-13-7-9-23-17(13)20-10-19-16/h1-10,15H,(H,19,20,21). The van der Waals surface area contributed by atoms with Gasteiger partial charge in [-0.2, -0.15) is 0 Å². The molecule has 23 heavy (non-hydrogen) atoms. The van der Waals surface area contributed by atoms with Gasteiger partial charge < -0.3 is 5.32 Å². The van der Waals surface area contributed by atoms with Crippen molar-refractivity contribution in [3.63, 3.8) is 0 Å². The van der Waals surface area contributed by atoms with E-state index in [0.717, 1.165) is 26.5 Å². The van der Waals surface area contributed by atoms with Crippen LogP contribution in [0.15, 0.2) is 59.6 Å². The minimum atomic E-state index is -0.235. The molecule has 1 N–H and O–H groups in total. The molecule has 1 unspecified atom stereocenters. The van der Waals surface area contributed by atoms with Crippen LogP contribution in [0.5, 0.6) is 0 Å². The second kappa shape index (κ2) is 6.06. The number of hydrogen-bond donors (Lipinski definition) is 1. The summed E-state index contributed by atoms with van der Waals surface area (Å²) < 4.78 is 13.2. The fourth-order valence-electron chi connectivity index (χ4n) is 2.47. The van der Waals surface area contributed by atoms with Gasteiger partial charge in [-0.25, -0.2) is 14.4 Å². The molecular formula is C17H12FN3S2. The molecule has 0 bridgehead atoms. The van der Waals surface area contributed by atoms with Crippen molar-refractivity contribution in [2.45, 2.75) is 6.04 Å². The van der Waals surface area contributed by atoms with E-state index in [9.17, 15) is 4.39 Å². The summed E-state index contributed by atoms with van der Waals surface area (Å²) in [6.45, 7) is 0. The van der Waals surface area contributed by atoms with Gasteiger partial charge in [0.2, 0.25) is 0 Å². The Hall–Kier alpha value is -2.31. The molecule has 3 heterocycles. The Balaban J connectivity index is 1.77. The van der Waals surface area contributed by atoms with Gasteiger partial charge in [-0.3, -0.25) is 0 Å². The van der Waals surface area contributed by atoms with Gasteiger partial charge in [-0.1, -0.05) is 18.2 Å². The van der Waals surface area contributed by atoms with Gasteiger partial charge in [0.1, 0.15) is 22.8 Å². The Morgan fingerprint density at radius 2 is 1.83 bits per heavy atom. The van der Waals surface area contributed by atoms with Crippen molar-refractivity contribution in [1.29, 1.82) is 0 Å². The average molecular weight is 341 g/mol. The number of benzene rings is 1. The number of rotatable bonds is 4. The molecule has 0 aliphatic heterocycles. The fourth-order valence-corrected chi connectivity index (χ4v) is 4.01. The Morgan fingerprint density at radius 3 is 2.61 bits per heavy atom. The van der Waals surface area contributed by atoms with Gasteiger partial charge >= 0.3 is 0 Å². The maximum Gasteiger partial charge on any atom is 0.138 e. The van der Waals surface area contributed by atoms with Crippen LogP contribution in [0.1, 0.15) is 16.5 Å². The van der Waals surface area contributed by atoms with Crippen LogP contribution in [0.25, 0.3) is 10.2 Å². The van der Waals surface area contributed by atoms with Crippen molar-refractivity contribution in [3.05, 3.63) is 75.8 Å². The van der Waals surface area contributed by atoms with Gasteiger partial charge in [-0.05, 0) is 40.6 Å². The van der Waals surface area contributed by atoms with Gasteiger partial charge in [-0.15, -0.1) is 22.7 Å². The Morgan fingerprint density at radius 1 is 0.957 bits per heavy atom. The molecule has 0 saturated carbocycles. The lowest BCUT2D eigenvalue weighted by atomic mass is 10.1. The lowest BCUT2D eigenvalue weighted by molar-refractivity contribution is 0.626. The zero-order chi connectivity index (χ0) is 15.6. The predicted molar refractivity (Wildman–Crippen MR) is 93.6 cm³/mol. The van der Waals surface area contributed by atoms with Crippen LogP contribution in [-0.2, 0) is 0 Å². The van der Waals surface area contributed by atoms with Crippen molar-refractivity contribution in [2.75, 3.05) is 5.32 Å². The van der Waals surface area contributed by atoms with Crippen LogP contribution in [0.3, 0.4) is 0 Å². The average Bonchev–Trinajstić information content (AvgIpc) is 3.25. The summed E-state index contributed by atoms with van der Waals surface area (Å²) in [5, 5.41) is 8.53. The predicted octanol–water partition coefficient (Wildman–Crippen LogP) is 5.09. The third kappa shape index (κ3) is 2.83. The molecule has 1 atom stereocenters. The maximum absolute atomic E-state index is 13.2. The van der Waals surface area contributed by atoms with E-state index in [-0.39, 0.29) is 11.9 Å². The molecule has 1 aromatic carbocycles. The largest absolute Gasteiger partial charge is 0.358 e. The molecular weight excluding hydrogens is 329 g/mol. The minimum absolute atomic E-state index is 0.0754. The number of nitrogens with zero attached hydrogens (tertiary/aromatic N) is 2. The fraction of sp³-hybridized carbons (Fsp3) is 0.0588. The molecule has 0 saturated heterocycles. The number of fused-ring (bicyclic) bond motifs is 1. The number of halogens is 1. The number of aromatic nitrogens is 2. The van der Waals surface area contributed by atoms with E-state index in [0.29, 0.717) is 0 Å². The number of thiophene rings is 2. The highest BCUT2D eigenvalue weighted by Gasteiger charge is 2.17. The number of nitrogens with one attached hydrogen (secondary N) is 1. The summed E-state index contributed by atoms with van der Waals surface area (Å²) in [6, 6.07) is 12.6. The molecule has 0 fully saturated rings. The molecule has 4 rings (SSSR count). The quantitative estimate of drug-likeness (QED) is 0.561. The lowest BCUT2D eigenvalue weighted by Gasteiger charge is -2.19. The summed E-state index contributed by atoms with van der Waals surface area (Å²) in [7, 11) is 0. The first kappa shape index (κ1) is 14.3. The molecule has 0 spiro atoms. The van der Waals surface area contributed by atoms with Crippen molar-refractivity contribution >= 4 is 38.7 Å². The summed E-state index contributed by atoms with van der Waals surface area (Å²) in [5.74, 6) is 0.555. The molecule has 114 valence electrons. The van der Waals surface area contributed by atoms with Crippen LogP contribution >= 0.6 is 22.7 Å². The number of hydrogen-bond acceptors (Lipinski definition) is 5. The van der Waals surface area contributed by atoms with E-state index in [1.807, 2.05) is 22.9 Å². The third-order valence-electron chi connectivity index (χ3n) is 3.57. The van der Waals surface area contributed by atoms with Crippen molar-refractivity contribution in [3.8, 4) is 0 Å². The van der Waals surface area contributed by atoms with Crippen LogP contribution in [0.4, 0.5) is 10.2 Å². The Kier molecular flexibility index (Phi) is 3.77. The highest BCUT2D eigenvalue weighted by Crippen LogP contribution is 2.32. The van der Waals surface area contributed by atoms with E-state index in [1.165, 1.54) is 12.1 Å². The lowest BCUT2D eigenvalue weighted by Crippen LogP contribution is -2.12. The molecule has 3 nitrogen and oxygen atoms in total. The minimum Gasteiger partial charge on any atom is -0.358 e. The van der Waals surface area contributed by atoms with E-state index in [2.05, 4.69) is 21.4 Å². The molecule has 4 aromatic rings. The highest BCUT2D eigenvalue weighted by atomic mass is 32.1. The molecule has 3 aromatic heterocycles. The first-order chi connectivity index (χ1) is 11.3. The van der Waals surface area contributed by atoms with Crippen LogP contribution in [0.2, 0.25) is 0 Å². The smallest absolute Gasteiger partial charge is 0.138 e.